The van der Waals surface area contributed by atoms with Crippen LogP contribution >= 0.6 is 0 Å². The number of alkyl carbamates (subject to hydrolysis) is 1. The molecule has 15 heteroatoms. The molecule has 3 N–H and O–H groups in total. The topological polar surface area (TPSA) is 183 Å². The zero-order valence-corrected chi connectivity index (χ0v) is 28.4. The second-order valence-corrected chi connectivity index (χ2v) is 14.5. The highest BCUT2D eigenvalue weighted by atomic mass is 16.7. The van der Waals surface area contributed by atoms with Gasteiger partial charge in [-0.1, -0.05) is 39.3 Å². The fraction of sp³-hybridized carbons (Fsp3) is 0.647. The minimum atomic E-state index is -1.09. The predicted octanol–water partition coefficient (Wildman–Crippen LogP) is 1.94. The number of carbonyl (C=O) groups is 5. The molecule has 0 bridgehead atoms. The summed E-state index contributed by atoms with van der Waals surface area (Å²) in [6.45, 7) is 8.11. The van der Waals surface area contributed by atoms with Gasteiger partial charge >= 0.3 is 6.09 Å². The van der Waals surface area contributed by atoms with E-state index in [1.54, 1.807) is 32.9 Å². The number of ether oxygens (including phenoxy) is 4. The average molecular weight is 684 g/mol. The normalized spacial score (nSPS) is 25.3. The van der Waals surface area contributed by atoms with Crippen molar-refractivity contribution in [2.75, 3.05) is 26.6 Å². The number of Topliss-reactive ketones (excluding diaryl/α,β-unsaturated/α-hetero) is 1. The van der Waals surface area contributed by atoms with E-state index in [4.69, 9.17) is 23.8 Å². The number of benzene rings is 1. The smallest absolute Gasteiger partial charge is 0.408 e. The lowest BCUT2D eigenvalue weighted by atomic mass is 9.85. The van der Waals surface area contributed by atoms with Crippen molar-refractivity contribution in [3.63, 3.8) is 0 Å². The summed E-state index contributed by atoms with van der Waals surface area (Å²) in [5.74, 6) is -1.39. The van der Waals surface area contributed by atoms with Crippen molar-refractivity contribution in [2.45, 2.75) is 109 Å². The van der Waals surface area contributed by atoms with Crippen LogP contribution in [-0.4, -0.2) is 103 Å². The molecule has 0 aromatic heterocycles. The SMILES string of the molecule is CCC[C@H](NC(=O)[C@@H]1C[C@]2(CC(c3ccc4c(c3)OCO4)=NO2)CN1C(=O)[C@@H](NC(=O)O[C@H]1CCOC1)C(C)(C)C)C(=O)C(=O)NC1CC1. The number of nitrogens with zero attached hydrogens (tertiary/aromatic N) is 2. The first-order valence-electron chi connectivity index (χ1n) is 17.0. The number of carbonyl (C=O) groups excluding carboxylic acids is 5. The van der Waals surface area contributed by atoms with Crippen molar-refractivity contribution in [1.29, 1.82) is 0 Å². The van der Waals surface area contributed by atoms with Crippen LogP contribution in [0.1, 0.15) is 78.2 Å². The average Bonchev–Trinajstić information content (AvgIpc) is 3.48. The summed E-state index contributed by atoms with van der Waals surface area (Å²) in [7, 11) is 0. The summed E-state index contributed by atoms with van der Waals surface area (Å²) in [4.78, 5) is 74.8. The fourth-order valence-corrected chi connectivity index (χ4v) is 6.55. The van der Waals surface area contributed by atoms with Crippen molar-refractivity contribution in [1.82, 2.24) is 20.9 Å². The third-order valence-electron chi connectivity index (χ3n) is 9.41. The number of hydrogen-bond acceptors (Lipinski definition) is 11. The van der Waals surface area contributed by atoms with Gasteiger partial charge in [-0.25, -0.2) is 4.79 Å². The Balaban J connectivity index is 1.24. The van der Waals surface area contributed by atoms with Crippen LogP contribution in [0.4, 0.5) is 4.79 Å². The van der Waals surface area contributed by atoms with E-state index in [-0.39, 0.29) is 45.2 Å². The molecule has 1 aromatic rings. The van der Waals surface area contributed by atoms with Crippen molar-refractivity contribution in [2.24, 2.45) is 10.6 Å². The van der Waals surface area contributed by atoms with E-state index < -0.39 is 64.8 Å². The number of ketones is 1. The highest BCUT2D eigenvalue weighted by molar-refractivity contribution is 6.38. The van der Waals surface area contributed by atoms with Crippen LogP contribution in [0.15, 0.2) is 23.4 Å². The summed E-state index contributed by atoms with van der Waals surface area (Å²) in [5, 5.41) is 12.6. The zero-order chi connectivity index (χ0) is 34.9. The summed E-state index contributed by atoms with van der Waals surface area (Å²) in [5.41, 5.74) is -0.502. The Hall–Kier alpha value is -4.40. The van der Waals surface area contributed by atoms with Crippen molar-refractivity contribution in [3.8, 4) is 11.5 Å². The molecule has 4 amide bonds. The molecule has 49 heavy (non-hydrogen) atoms. The standard InChI is InChI=1S/C34H45N5O10/c1-5-6-22(27(40)30(42)35-20-8-9-20)36-29(41)24-15-34(14-23(38-49-34)19-7-10-25-26(13-19)47-18-46-25)17-39(24)31(43)28(33(2,3)4)37-32(44)48-21-11-12-45-16-21/h7,10,13,20-22,24,28H,5-6,8-9,11-12,14-18H2,1-4H3,(H,35,42)(H,36,41)(H,37,44)/t21-,22-,24-,28+,34+/m0/s1. The van der Waals surface area contributed by atoms with Gasteiger partial charge in [0.15, 0.2) is 17.1 Å². The highest BCUT2D eigenvalue weighted by Crippen LogP contribution is 2.41. The van der Waals surface area contributed by atoms with Crippen LogP contribution in [0.25, 0.3) is 0 Å². The molecule has 1 aliphatic carbocycles. The van der Waals surface area contributed by atoms with Gasteiger partial charge in [0.2, 0.25) is 24.4 Å². The van der Waals surface area contributed by atoms with Crippen molar-refractivity contribution in [3.05, 3.63) is 23.8 Å². The summed E-state index contributed by atoms with van der Waals surface area (Å²) in [6.07, 6.45) is 2.10. The minimum absolute atomic E-state index is 0.0181. The second kappa shape index (κ2) is 13.8. The highest BCUT2D eigenvalue weighted by Gasteiger charge is 2.56. The molecule has 2 saturated heterocycles. The summed E-state index contributed by atoms with van der Waals surface area (Å²) < 4.78 is 21.8. The number of rotatable bonds is 11. The molecule has 266 valence electrons. The largest absolute Gasteiger partial charge is 0.454 e. The van der Waals surface area contributed by atoms with Gasteiger partial charge in [-0.2, -0.15) is 0 Å². The van der Waals surface area contributed by atoms with E-state index >= 15 is 0 Å². The van der Waals surface area contributed by atoms with Crippen LogP contribution in [0.5, 0.6) is 11.5 Å². The van der Waals surface area contributed by atoms with E-state index in [2.05, 4.69) is 21.1 Å². The number of likely N-dealkylation sites (tertiary alicyclic amines) is 1. The van der Waals surface area contributed by atoms with Gasteiger partial charge in [0.05, 0.1) is 31.5 Å². The lowest BCUT2D eigenvalue weighted by Crippen LogP contribution is -2.59. The van der Waals surface area contributed by atoms with Crippen LogP contribution in [0.3, 0.4) is 0 Å². The lowest BCUT2D eigenvalue weighted by molar-refractivity contribution is -0.144. The Kier molecular flexibility index (Phi) is 9.74. The maximum absolute atomic E-state index is 14.5. The first-order chi connectivity index (χ1) is 23.4. The molecule has 5 aliphatic rings. The number of hydrogen-bond donors (Lipinski definition) is 3. The third-order valence-corrected chi connectivity index (χ3v) is 9.41. The summed E-state index contributed by atoms with van der Waals surface area (Å²) >= 11 is 0. The fourth-order valence-electron chi connectivity index (χ4n) is 6.55. The maximum Gasteiger partial charge on any atom is 0.408 e. The molecule has 0 unspecified atom stereocenters. The predicted molar refractivity (Wildman–Crippen MR) is 173 cm³/mol. The Morgan fingerprint density at radius 1 is 1.08 bits per heavy atom. The third kappa shape index (κ3) is 7.76. The number of nitrogens with one attached hydrogen (secondary N) is 3. The Morgan fingerprint density at radius 2 is 1.86 bits per heavy atom. The Bertz CT molecular complexity index is 1510. The van der Waals surface area contributed by atoms with Crippen LogP contribution in [0.2, 0.25) is 0 Å². The number of fused-ring (bicyclic) bond motifs is 1. The molecule has 4 aliphatic heterocycles. The van der Waals surface area contributed by atoms with Gasteiger partial charge in [0.25, 0.3) is 5.91 Å². The van der Waals surface area contributed by atoms with Gasteiger partial charge in [-0.3, -0.25) is 19.2 Å². The molecule has 1 aromatic carbocycles. The molecule has 1 spiro atoms. The van der Waals surface area contributed by atoms with Gasteiger partial charge in [0, 0.05) is 30.9 Å². The van der Waals surface area contributed by atoms with Crippen LogP contribution in [0, 0.1) is 5.41 Å². The van der Waals surface area contributed by atoms with Crippen molar-refractivity contribution >= 4 is 35.3 Å². The Labute approximate surface area is 284 Å². The lowest BCUT2D eigenvalue weighted by Gasteiger charge is -2.35. The molecule has 5 atom stereocenters. The van der Waals surface area contributed by atoms with Crippen molar-refractivity contribution < 1.29 is 47.8 Å². The molecule has 3 fully saturated rings. The van der Waals surface area contributed by atoms with Gasteiger partial charge in [0.1, 0.15) is 18.2 Å². The molecule has 0 radical (unpaired) electrons. The second-order valence-electron chi connectivity index (χ2n) is 14.5. The minimum Gasteiger partial charge on any atom is -0.454 e. The number of oxime groups is 1. The van der Waals surface area contributed by atoms with E-state index in [1.807, 2.05) is 13.0 Å². The zero-order valence-electron chi connectivity index (χ0n) is 28.4. The van der Waals surface area contributed by atoms with Gasteiger partial charge < -0.3 is 44.6 Å². The molecule has 6 rings (SSSR count). The van der Waals surface area contributed by atoms with E-state index in [0.29, 0.717) is 36.7 Å². The van der Waals surface area contributed by atoms with Crippen LogP contribution in [-0.2, 0) is 33.5 Å². The van der Waals surface area contributed by atoms with Gasteiger partial charge in [-0.05, 0) is 42.9 Å². The summed E-state index contributed by atoms with van der Waals surface area (Å²) in [6, 6.07) is 2.15. The van der Waals surface area contributed by atoms with Gasteiger partial charge in [-0.15, -0.1) is 0 Å². The molecular formula is C34H45N5O10. The van der Waals surface area contributed by atoms with E-state index in [1.165, 1.54) is 4.90 Å². The molecule has 1 saturated carbocycles. The quantitative estimate of drug-likeness (QED) is 0.292. The Morgan fingerprint density at radius 3 is 2.55 bits per heavy atom. The maximum atomic E-state index is 14.5. The van der Waals surface area contributed by atoms with E-state index in [9.17, 15) is 24.0 Å². The van der Waals surface area contributed by atoms with Crippen LogP contribution < -0.4 is 25.4 Å². The van der Waals surface area contributed by atoms with E-state index in [0.717, 1.165) is 18.4 Å². The molecule has 15 nitrogen and oxygen atoms in total. The first-order valence-corrected chi connectivity index (χ1v) is 17.0. The molecule has 4 heterocycles. The molecular weight excluding hydrogens is 638 g/mol. The first kappa shape index (κ1) is 34.5. The number of amides is 4. The monoisotopic (exact) mass is 683 g/mol.